The predicted molar refractivity (Wildman–Crippen MR) is 82.0 cm³/mol. The summed E-state index contributed by atoms with van der Waals surface area (Å²) in [5.41, 5.74) is 0.478. The average Bonchev–Trinajstić information content (AvgIpc) is 3.00. The fourth-order valence-electron chi connectivity index (χ4n) is 1.86. The molecule has 0 unspecified atom stereocenters. The number of ether oxygens (including phenoxy) is 2. The van der Waals surface area contributed by atoms with Crippen molar-refractivity contribution < 1.29 is 18.7 Å². The normalized spacial score (nSPS) is 10.2. The number of rotatable bonds is 6. The van der Waals surface area contributed by atoms with E-state index in [9.17, 15) is 4.79 Å². The van der Waals surface area contributed by atoms with E-state index in [1.54, 1.807) is 18.4 Å². The molecule has 0 saturated heterocycles. The van der Waals surface area contributed by atoms with Crippen LogP contribution in [0.4, 0.5) is 0 Å². The molecule has 1 aromatic heterocycles. The van der Waals surface area contributed by atoms with E-state index in [-0.39, 0.29) is 5.91 Å². The summed E-state index contributed by atoms with van der Waals surface area (Å²) in [6.07, 6.45) is 2.26. The van der Waals surface area contributed by atoms with Gasteiger partial charge >= 0.3 is 0 Å². The average molecular weight is 354 g/mol. The Balaban J connectivity index is 2.04. The minimum absolute atomic E-state index is 0.189. The summed E-state index contributed by atoms with van der Waals surface area (Å²) in [4.78, 5) is 12.2. The molecular formula is C15H16BrNO4. The van der Waals surface area contributed by atoms with Gasteiger partial charge in [-0.3, -0.25) is 4.79 Å². The maximum Gasteiger partial charge on any atom is 0.251 e. The van der Waals surface area contributed by atoms with Crippen molar-refractivity contribution in [2.24, 2.45) is 0 Å². The van der Waals surface area contributed by atoms with E-state index < -0.39 is 0 Å². The van der Waals surface area contributed by atoms with E-state index in [1.807, 2.05) is 12.1 Å². The molecule has 1 aromatic carbocycles. The quantitative estimate of drug-likeness (QED) is 0.866. The van der Waals surface area contributed by atoms with Crippen molar-refractivity contribution in [1.29, 1.82) is 0 Å². The van der Waals surface area contributed by atoms with Crippen LogP contribution in [-0.2, 0) is 6.42 Å². The number of furan rings is 1. The molecule has 5 nitrogen and oxygen atoms in total. The molecule has 0 atom stereocenters. The van der Waals surface area contributed by atoms with Gasteiger partial charge in [-0.2, -0.15) is 0 Å². The molecule has 6 heteroatoms. The van der Waals surface area contributed by atoms with Crippen LogP contribution in [0.5, 0.6) is 11.5 Å². The summed E-state index contributed by atoms with van der Waals surface area (Å²) in [6, 6.07) is 7.02. The van der Waals surface area contributed by atoms with Crippen LogP contribution in [0.2, 0.25) is 0 Å². The highest BCUT2D eigenvalue weighted by Gasteiger charge is 2.14. The van der Waals surface area contributed by atoms with Crippen molar-refractivity contribution in [3.63, 3.8) is 0 Å². The van der Waals surface area contributed by atoms with Crippen LogP contribution in [0, 0.1) is 0 Å². The number of nitrogens with one attached hydrogen (secondary N) is 1. The minimum Gasteiger partial charge on any atom is -0.495 e. The number of hydrogen-bond acceptors (Lipinski definition) is 4. The zero-order chi connectivity index (χ0) is 15.2. The topological polar surface area (TPSA) is 60.7 Å². The first kappa shape index (κ1) is 15.4. The van der Waals surface area contributed by atoms with Crippen molar-refractivity contribution >= 4 is 21.8 Å². The Labute approximate surface area is 131 Å². The zero-order valence-electron chi connectivity index (χ0n) is 11.8. The fourth-order valence-corrected chi connectivity index (χ4v) is 2.41. The van der Waals surface area contributed by atoms with Crippen LogP contribution >= 0.6 is 15.9 Å². The van der Waals surface area contributed by atoms with Crippen LogP contribution in [0.1, 0.15) is 16.1 Å². The third-order valence-corrected chi connectivity index (χ3v) is 3.73. The molecule has 112 valence electrons. The molecule has 0 aliphatic heterocycles. The summed E-state index contributed by atoms with van der Waals surface area (Å²) >= 11 is 3.37. The molecule has 2 rings (SSSR count). The van der Waals surface area contributed by atoms with Crippen LogP contribution in [0.25, 0.3) is 0 Å². The molecule has 0 aliphatic rings. The Hall–Kier alpha value is -1.95. The third-order valence-electron chi connectivity index (χ3n) is 2.94. The monoisotopic (exact) mass is 353 g/mol. The summed E-state index contributed by atoms with van der Waals surface area (Å²) in [5, 5.41) is 2.83. The van der Waals surface area contributed by atoms with Crippen LogP contribution in [0.15, 0.2) is 39.4 Å². The summed E-state index contributed by atoms with van der Waals surface area (Å²) < 4.78 is 16.3. The molecule has 0 radical (unpaired) electrons. The maximum absolute atomic E-state index is 12.2. The van der Waals surface area contributed by atoms with Gasteiger partial charge in [-0.25, -0.2) is 0 Å². The highest BCUT2D eigenvalue weighted by molar-refractivity contribution is 9.10. The van der Waals surface area contributed by atoms with E-state index in [2.05, 4.69) is 21.2 Å². The first-order chi connectivity index (χ1) is 10.2. The van der Waals surface area contributed by atoms with Crippen molar-refractivity contribution in [3.8, 4) is 11.5 Å². The molecule has 0 spiro atoms. The van der Waals surface area contributed by atoms with Crippen molar-refractivity contribution in [1.82, 2.24) is 5.32 Å². The van der Waals surface area contributed by atoms with E-state index in [0.717, 1.165) is 5.76 Å². The van der Waals surface area contributed by atoms with E-state index in [1.165, 1.54) is 14.2 Å². The first-order valence-electron chi connectivity index (χ1n) is 6.37. The van der Waals surface area contributed by atoms with Crippen LogP contribution in [0.3, 0.4) is 0 Å². The molecule has 0 aliphatic carbocycles. The molecular weight excluding hydrogens is 338 g/mol. The lowest BCUT2D eigenvalue weighted by molar-refractivity contribution is 0.0953. The van der Waals surface area contributed by atoms with Gasteiger partial charge in [-0.15, -0.1) is 0 Å². The van der Waals surface area contributed by atoms with E-state index >= 15 is 0 Å². The second-order valence-corrected chi connectivity index (χ2v) is 5.07. The van der Waals surface area contributed by atoms with Crippen LogP contribution in [-0.4, -0.2) is 26.7 Å². The highest BCUT2D eigenvalue weighted by Crippen LogP contribution is 2.35. The third kappa shape index (κ3) is 3.78. The van der Waals surface area contributed by atoms with Gasteiger partial charge in [0.05, 0.1) is 20.5 Å². The Morgan fingerprint density at radius 2 is 1.95 bits per heavy atom. The Morgan fingerprint density at radius 1 is 1.29 bits per heavy atom. The van der Waals surface area contributed by atoms with Gasteiger partial charge in [-0.1, -0.05) is 0 Å². The number of benzene rings is 1. The largest absolute Gasteiger partial charge is 0.495 e. The van der Waals surface area contributed by atoms with E-state index in [4.69, 9.17) is 13.9 Å². The Kier molecular flexibility index (Phi) is 5.27. The first-order valence-corrected chi connectivity index (χ1v) is 7.17. The number of hydrogen-bond donors (Lipinski definition) is 1. The van der Waals surface area contributed by atoms with Crippen molar-refractivity contribution in [2.45, 2.75) is 6.42 Å². The molecule has 21 heavy (non-hydrogen) atoms. The lowest BCUT2D eigenvalue weighted by Gasteiger charge is -2.11. The lowest BCUT2D eigenvalue weighted by Crippen LogP contribution is -2.25. The second-order valence-electron chi connectivity index (χ2n) is 4.28. The number of carbonyl (C=O) groups excluding carboxylic acids is 1. The molecule has 0 saturated carbocycles. The van der Waals surface area contributed by atoms with Gasteiger partial charge in [-0.05, 0) is 40.2 Å². The SMILES string of the molecule is COc1cc(C(=O)NCCc2ccco2)cc(OC)c1Br. The number of amides is 1. The summed E-state index contributed by atoms with van der Waals surface area (Å²) in [7, 11) is 3.08. The van der Waals surface area contributed by atoms with Gasteiger partial charge in [0.1, 0.15) is 21.7 Å². The molecule has 1 amide bonds. The maximum atomic E-state index is 12.2. The predicted octanol–water partition coefficient (Wildman–Crippen LogP) is 3.03. The molecule has 1 N–H and O–H groups in total. The van der Waals surface area contributed by atoms with Crippen molar-refractivity contribution in [2.75, 3.05) is 20.8 Å². The van der Waals surface area contributed by atoms with Crippen molar-refractivity contribution in [3.05, 3.63) is 46.3 Å². The van der Waals surface area contributed by atoms with Gasteiger partial charge in [0, 0.05) is 18.5 Å². The highest BCUT2D eigenvalue weighted by atomic mass is 79.9. The summed E-state index contributed by atoms with van der Waals surface area (Å²) in [6.45, 7) is 0.493. The molecule has 2 aromatic rings. The zero-order valence-corrected chi connectivity index (χ0v) is 13.4. The van der Waals surface area contributed by atoms with Crippen LogP contribution < -0.4 is 14.8 Å². The smallest absolute Gasteiger partial charge is 0.251 e. The second kappa shape index (κ2) is 7.17. The fraction of sp³-hybridized carbons (Fsp3) is 0.267. The van der Waals surface area contributed by atoms with Gasteiger partial charge < -0.3 is 19.2 Å². The van der Waals surface area contributed by atoms with E-state index in [0.29, 0.717) is 34.5 Å². The lowest BCUT2D eigenvalue weighted by atomic mass is 10.2. The molecule has 1 heterocycles. The number of halogens is 1. The minimum atomic E-state index is -0.189. The van der Waals surface area contributed by atoms with Gasteiger partial charge in [0.15, 0.2) is 0 Å². The molecule has 0 fully saturated rings. The van der Waals surface area contributed by atoms with Gasteiger partial charge in [0.25, 0.3) is 5.91 Å². The Bertz CT molecular complexity index is 585. The number of methoxy groups -OCH3 is 2. The number of carbonyl (C=O) groups is 1. The standard InChI is InChI=1S/C15H16BrNO4/c1-19-12-8-10(9-13(20-2)14(12)16)15(18)17-6-5-11-4-3-7-21-11/h3-4,7-9H,5-6H2,1-2H3,(H,17,18). The Morgan fingerprint density at radius 3 is 2.48 bits per heavy atom. The van der Waals surface area contributed by atoms with Gasteiger partial charge in [0.2, 0.25) is 0 Å². The summed E-state index contributed by atoms with van der Waals surface area (Å²) in [5.74, 6) is 1.74. The molecule has 0 bridgehead atoms.